The highest BCUT2D eigenvalue weighted by atomic mass is 79.9. The second kappa shape index (κ2) is 4.73. The molecule has 6 nitrogen and oxygen atoms in total. The quantitative estimate of drug-likeness (QED) is 0.616. The van der Waals surface area contributed by atoms with E-state index in [1.54, 1.807) is 0 Å². The number of aromatic nitrogens is 2. The van der Waals surface area contributed by atoms with E-state index in [0.29, 0.717) is 10.3 Å². The Morgan fingerprint density at radius 2 is 2.33 bits per heavy atom. The first-order valence-electron chi connectivity index (χ1n) is 4.30. The van der Waals surface area contributed by atoms with E-state index >= 15 is 0 Å². The van der Waals surface area contributed by atoms with Crippen LogP contribution >= 0.6 is 15.9 Å². The van der Waals surface area contributed by atoms with Crippen LogP contribution in [0.15, 0.2) is 10.7 Å². The molecule has 1 unspecified atom stereocenters. The first kappa shape index (κ1) is 12.2. The average molecular weight is 277 g/mol. The van der Waals surface area contributed by atoms with Gasteiger partial charge in [-0.2, -0.15) is 4.98 Å². The van der Waals surface area contributed by atoms with Crippen molar-refractivity contribution in [3.8, 4) is 0 Å². The Balaban J connectivity index is 2.69. The van der Waals surface area contributed by atoms with E-state index in [1.807, 2.05) is 0 Å². The molecule has 1 atom stereocenters. The summed E-state index contributed by atoms with van der Waals surface area (Å²) in [6.45, 7) is 1.34. The lowest BCUT2D eigenvalue weighted by molar-refractivity contribution is 0.0131. The molecular weight excluding hydrogens is 264 g/mol. The van der Waals surface area contributed by atoms with Crippen LogP contribution in [0, 0.1) is 0 Å². The third kappa shape index (κ3) is 3.61. The van der Waals surface area contributed by atoms with E-state index in [1.165, 1.54) is 13.1 Å². The topological polar surface area (TPSA) is 104 Å². The van der Waals surface area contributed by atoms with Crippen LogP contribution in [-0.4, -0.2) is 38.9 Å². The Morgan fingerprint density at radius 3 is 2.93 bits per heavy atom. The molecule has 0 fully saturated rings. The van der Waals surface area contributed by atoms with E-state index in [9.17, 15) is 5.11 Å². The zero-order chi connectivity index (χ0) is 11.5. The molecule has 0 aliphatic carbocycles. The van der Waals surface area contributed by atoms with Crippen molar-refractivity contribution in [3.05, 3.63) is 10.7 Å². The summed E-state index contributed by atoms with van der Waals surface area (Å²) in [6.07, 6.45) is 1.51. The SMILES string of the molecule is CC(O)(CO)CNc1nc(N)ncc1Br. The Bertz CT molecular complexity index is 345. The molecule has 5 N–H and O–H groups in total. The summed E-state index contributed by atoms with van der Waals surface area (Å²) < 4.78 is 0.644. The van der Waals surface area contributed by atoms with Gasteiger partial charge in [0.1, 0.15) is 11.4 Å². The van der Waals surface area contributed by atoms with Crippen LogP contribution in [0.5, 0.6) is 0 Å². The summed E-state index contributed by atoms with van der Waals surface area (Å²) in [6, 6.07) is 0. The number of aliphatic hydroxyl groups is 2. The minimum absolute atomic E-state index is 0.143. The summed E-state index contributed by atoms with van der Waals surface area (Å²) in [7, 11) is 0. The van der Waals surface area contributed by atoms with Gasteiger partial charge in [0, 0.05) is 12.7 Å². The lowest BCUT2D eigenvalue weighted by Crippen LogP contribution is -2.37. The van der Waals surface area contributed by atoms with Crippen molar-refractivity contribution in [1.29, 1.82) is 0 Å². The molecule has 0 aliphatic heterocycles. The first-order valence-corrected chi connectivity index (χ1v) is 5.09. The number of rotatable bonds is 4. The fourth-order valence-electron chi connectivity index (χ4n) is 0.835. The van der Waals surface area contributed by atoms with Crippen molar-refractivity contribution in [1.82, 2.24) is 9.97 Å². The number of nitrogens with zero attached hydrogens (tertiary/aromatic N) is 2. The van der Waals surface area contributed by atoms with Gasteiger partial charge in [0.05, 0.1) is 11.1 Å². The molecule has 0 aromatic carbocycles. The molecular formula is C8H13BrN4O2. The second-order valence-corrected chi connectivity index (χ2v) is 4.29. The average Bonchev–Trinajstić information content (AvgIpc) is 2.20. The normalized spacial score (nSPS) is 14.7. The minimum atomic E-state index is -1.20. The van der Waals surface area contributed by atoms with Crippen LogP contribution in [0.1, 0.15) is 6.92 Å². The van der Waals surface area contributed by atoms with Gasteiger partial charge in [-0.1, -0.05) is 0 Å². The Hall–Kier alpha value is -0.920. The molecule has 7 heteroatoms. The summed E-state index contributed by atoms with van der Waals surface area (Å²) in [4.78, 5) is 7.70. The third-order valence-corrected chi connectivity index (χ3v) is 2.32. The van der Waals surface area contributed by atoms with E-state index in [-0.39, 0.29) is 19.1 Å². The van der Waals surface area contributed by atoms with E-state index in [2.05, 4.69) is 31.2 Å². The van der Waals surface area contributed by atoms with Crippen molar-refractivity contribution in [2.24, 2.45) is 0 Å². The maximum absolute atomic E-state index is 9.54. The molecule has 15 heavy (non-hydrogen) atoms. The highest BCUT2D eigenvalue weighted by Crippen LogP contribution is 2.19. The molecule has 84 valence electrons. The van der Waals surface area contributed by atoms with Crippen molar-refractivity contribution in [3.63, 3.8) is 0 Å². The van der Waals surface area contributed by atoms with Gasteiger partial charge in [-0.15, -0.1) is 0 Å². The van der Waals surface area contributed by atoms with Crippen molar-refractivity contribution in [2.45, 2.75) is 12.5 Å². The summed E-state index contributed by atoms with van der Waals surface area (Å²) >= 11 is 3.23. The highest BCUT2D eigenvalue weighted by Gasteiger charge is 2.19. The van der Waals surface area contributed by atoms with Crippen LogP contribution in [-0.2, 0) is 0 Å². The van der Waals surface area contributed by atoms with E-state index in [4.69, 9.17) is 10.8 Å². The summed E-state index contributed by atoms with van der Waals surface area (Å²) in [5, 5.41) is 21.2. The van der Waals surface area contributed by atoms with Crippen LogP contribution in [0.3, 0.4) is 0 Å². The smallest absolute Gasteiger partial charge is 0.221 e. The molecule has 0 amide bonds. The number of hydrogen-bond acceptors (Lipinski definition) is 6. The second-order valence-electron chi connectivity index (χ2n) is 3.43. The predicted octanol–water partition coefficient (Wildman–Crippen LogP) is -0.0235. The van der Waals surface area contributed by atoms with E-state index < -0.39 is 5.60 Å². The largest absolute Gasteiger partial charge is 0.393 e. The molecule has 1 heterocycles. The third-order valence-electron chi connectivity index (χ3n) is 1.74. The van der Waals surface area contributed by atoms with Crippen molar-refractivity contribution < 1.29 is 10.2 Å². The van der Waals surface area contributed by atoms with Crippen LogP contribution in [0.2, 0.25) is 0 Å². The molecule has 1 aromatic rings. The number of nitrogen functional groups attached to an aromatic ring is 1. The van der Waals surface area contributed by atoms with Gasteiger partial charge in [-0.25, -0.2) is 4.98 Å². The molecule has 1 rings (SSSR count). The Labute approximate surface area is 95.7 Å². The Morgan fingerprint density at radius 1 is 1.67 bits per heavy atom. The monoisotopic (exact) mass is 276 g/mol. The molecule has 0 saturated heterocycles. The lowest BCUT2D eigenvalue weighted by Gasteiger charge is -2.21. The zero-order valence-electron chi connectivity index (χ0n) is 8.24. The van der Waals surface area contributed by atoms with Gasteiger partial charge < -0.3 is 21.3 Å². The van der Waals surface area contributed by atoms with E-state index in [0.717, 1.165) is 0 Å². The molecule has 1 aromatic heterocycles. The summed E-state index contributed by atoms with van der Waals surface area (Å²) in [5.74, 6) is 0.626. The van der Waals surface area contributed by atoms with Crippen molar-refractivity contribution in [2.75, 3.05) is 24.2 Å². The fourth-order valence-corrected chi connectivity index (χ4v) is 1.17. The molecule has 0 saturated carbocycles. The molecule has 0 spiro atoms. The number of halogens is 1. The maximum atomic E-state index is 9.54. The minimum Gasteiger partial charge on any atom is -0.393 e. The fraction of sp³-hybridized carbons (Fsp3) is 0.500. The van der Waals surface area contributed by atoms with Crippen molar-refractivity contribution >= 4 is 27.7 Å². The highest BCUT2D eigenvalue weighted by molar-refractivity contribution is 9.10. The van der Waals surface area contributed by atoms with Gasteiger partial charge in [0.25, 0.3) is 0 Å². The van der Waals surface area contributed by atoms with Crippen LogP contribution in [0.25, 0.3) is 0 Å². The molecule has 0 aliphatic rings. The standard InChI is InChI=1S/C8H13BrN4O2/c1-8(15,4-14)3-12-6-5(9)2-11-7(10)13-6/h2,14-15H,3-4H2,1H3,(H3,10,11,12,13). The Kier molecular flexibility index (Phi) is 3.83. The van der Waals surface area contributed by atoms with Crippen LogP contribution in [0.4, 0.5) is 11.8 Å². The number of anilines is 2. The number of nitrogens with one attached hydrogen (secondary N) is 1. The van der Waals surface area contributed by atoms with Gasteiger partial charge in [-0.3, -0.25) is 0 Å². The predicted molar refractivity (Wildman–Crippen MR) is 60.3 cm³/mol. The van der Waals surface area contributed by atoms with Crippen LogP contribution < -0.4 is 11.1 Å². The van der Waals surface area contributed by atoms with Gasteiger partial charge in [-0.05, 0) is 22.9 Å². The van der Waals surface area contributed by atoms with Gasteiger partial charge in [0.2, 0.25) is 5.95 Å². The first-order chi connectivity index (χ1) is 6.94. The number of hydrogen-bond donors (Lipinski definition) is 4. The lowest BCUT2D eigenvalue weighted by atomic mass is 10.1. The molecule has 0 radical (unpaired) electrons. The molecule has 0 bridgehead atoms. The maximum Gasteiger partial charge on any atom is 0.221 e. The zero-order valence-corrected chi connectivity index (χ0v) is 9.82. The number of nitrogens with two attached hydrogens (primary N) is 1. The summed E-state index contributed by atoms with van der Waals surface area (Å²) in [5.41, 5.74) is 4.21. The number of aliphatic hydroxyl groups excluding tert-OH is 1. The van der Waals surface area contributed by atoms with Gasteiger partial charge in [0.15, 0.2) is 0 Å². The van der Waals surface area contributed by atoms with Gasteiger partial charge >= 0.3 is 0 Å².